The van der Waals surface area contributed by atoms with E-state index in [9.17, 15) is 8.42 Å². The van der Waals surface area contributed by atoms with Crippen molar-refractivity contribution < 1.29 is 13.2 Å². The van der Waals surface area contributed by atoms with Crippen molar-refractivity contribution in [3.63, 3.8) is 0 Å². The van der Waals surface area contributed by atoms with Gasteiger partial charge in [0.25, 0.3) is 10.0 Å². The summed E-state index contributed by atoms with van der Waals surface area (Å²) in [6.45, 7) is 0. The number of nitrogen functional groups attached to an aromatic ring is 1. The van der Waals surface area contributed by atoms with Gasteiger partial charge in [-0.05, 0) is 36.6 Å². The SMILES string of the molecule is COc1cc(N)ccc1S(=O)(=O)Nc1cccc(SC)c1. The Morgan fingerprint density at radius 2 is 1.95 bits per heavy atom. The van der Waals surface area contributed by atoms with Crippen LogP contribution in [0.15, 0.2) is 52.3 Å². The highest BCUT2D eigenvalue weighted by Gasteiger charge is 2.19. The van der Waals surface area contributed by atoms with Crippen LogP contribution in [0.1, 0.15) is 0 Å². The van der Waals surface area contributed by atoms with Crippen LogP contribution in [0.4, 0.5) is 11.4 Å². The van der Waals surface area contributed by atoms with Gasteiger partial charge >= 0.3 is 0 Å². The molecule has 0 fully saturated rings. The van der Waals surface area contributed by atoms with Crippen molar-refractivity contribution >= 4 is 33.2 Å². The molecule has 3 N–H and O–H groups in total. The van der Waals surface area contributed by atoms with E-state index in [1.54, 1.807) is 18.2 Å². The molecular formula is C14H16N2O3S2. The minimum absolute atomic E-state index is 0.0498. The molecule has 0 bridgehead atoms. The van der Waals surface area contributed by atoms with E-state index in [2.05, 4.69) is 4.72 Å². The maximum atomic E-state index is 12.5. The number of hydrogen-bond acceptors (Lipinski definition) is 5. The van der Waals surface area contributed by atoms with Crippen molar-refractivity contribution in [2.45, 2.75) is 9.79 Å². The summed E-state index contributed by atoms with van der Waals surface area (Å²) in [5.41, 5.74) is 6.58. The summed E-state index contributed by atoms with van der Waals surface area (Å²) in [6.07, 6.45) is 1.93. The van der Waals surface area contributed by atoms with Crippen LogP contribution in [0.3, 0.4) is 0 Å². The molecular weight excluding hydrogens is 308 g/mol. The zero-order valence-corrected chi connectivity index (χ0v) is 13.3. The maximum absolute atomic E-state index is 12.5. The molecule has 0 radical (unpaired) electrons. The minimum atomic E-state index is -3.74. The first-order valence-corrected chi connectivity index (χ1v) is 8.77. The molecule has 0 atom stereocenters. The Bertz CT molecular complexity index is 746. The smallest absolute Gasteiger partial charge is 0.265 e. The van der Waals surface area contributed by atoms with Crippen molar-refractivity contribution in [1.29, 1.82) is 0 Å². The fraction of sp³-hybridized carbons (Fsp3) is 0.143. The van der Waals surface area contributed by atoms with E-state index < -0.39 is 10.0 Å². The Kier molecular flexibility index (Phi) is 4.64. The second-order valence-corrected chi connectivity index (χ2v) is 6.78. The van der Waals surface area contributed by atoms with Gasteiger partial charge in [-0.15, -0.1) is 11.8 Å². The molecule has 7 heteroatoms. The second kappa shape index (κ2) is 6.28. The van der Waals surface area contributed by atoms with Gasteiger partial charge in [-0.2, -0.15) is 0 Å². The van der Waals surface area contributed by atoms with Crippen LogP contribution < -0.4 is 15.2 Å². The number of hydrogen-bond donors (Lipinski definition) is 2. The summed E-state index contributed by atoms with van der Waals surface area (Å²) in [4.78, 5) is 1.02. The van der Waals surface area contributed by atoms with E-state index in [0.717, 1.165) is 4.90 Å². The largest absolute Gasteiger partial charge is 0.495 e. The summed E-state index contributed by atoms with van der Waals surface area (Å²) in [6, 6.07) is 11.6. The monoisotopic (exact) mass is 324 g/mol. The van der Waals surface area contributed by atoms with Gasteiger partial charge in [-0.1, -0.05) is 6.07 Å². The molecule has 0 amide bonds. The predicted molar refractivity (Wildman–Crippen MR) is 86.4 cm³/mol. The van der Waals surface area contributed by atoms with Gasteiger partial charge in [0, 0.05) is 22.3 Å². The first kappa shape index (κ1) is 15.5. The number of ether oxygens (including phenoxy) is 1. The van der Waals surface area contributed by atoms with E-state index in [4.69, 9.17) is 10.5 Å². The van der Waals surface area contributed by atoms with Crippen molar-refractivity contribution in [3.8, 4) is 5.75 Å². The van der Waals surface area contributed by atoms with Crippen molar-refractivity contribution in [3.05, 3.63) is 42.5 Å². The molecule has 0 spiro atoms. The molecule has 0 heterocycles. The van der Waals surface area contributed by atoms with Gasteiger partial charge in [-0.3, -0.25) is 4.72 Å². The summed E-state index contributed by atoms with van der Waals surface area (Å²) < 4.78 is 32.5. The van der Waals surface area contributed by atoms with Crippen LogP contribution in [-0.4, -0.2) is 21.8 Å². The Morgan fingerprint density at radius 3 is 2.62 bits per heavy atom. The van der Waals surface area contributed by atoms with E-state index in [-0.39, 0.29) is 10.6 Å². The normalized spacial score (nSPS) is 11.1. The highest BCUT2D eigenvalue weighted by Crippen LogP contribution is 2.28. The number of nitrogens with one attached hydrogen (secondary N) is 1. The quantitative estimate of drug-likeness (QED) is 0.653. The lowest BCUT2D eigenvalue weighted by atomic mass is 10.3. The number of benzene rings is 2. The van der Waals surface area contributed by atoms with Crippen LogP contribution in [0, 0.1) is 0 Å². The van der Waals surface area contributed by atoms with Crippen LogP contribution in [0.5, 0.6) is 5.75 Å². The van der Waals surface area contributed by atoms with Crippen molar-refractivity contribution in [2.24, 2.45) is 0 Å². The molecule has 21 heavy (non-hydrogen) atoms. The highest BCUT2D eigenvalue weighted by molar-refractivity contribution is 7.98. The van der Waals surface area contributed by atoms with E-state index in [1.165, 1.54) is 37.1 Å². The van der Waals surface area contributed by atoms with Gasteiger partial charge < -0.3 is 10.5 Å². The Balaban J connectivity index is 2.38. The molecule has 2 aromatic rings. The topological polar surface area (TPSA) is 81.4 Å². The molecule has 0 aliphatic rings. The number of sulfonamides is 1. The van der Waals surface area contributed by atoms with Crippen LogP contribution in [0.25, 0.3) is 0 Å². The Hall–Kier alpha value is -1.86. The van der Waals surface area contributed by atoms with Crippen molar-refractivity contribution in [2.75, 3.05) is 23.8 Å². The lowest BCUT2D eigenvalue weighted by Crippen LogP contribution is -2.14. The van der Waals surface area contributed by atoms with Crippen LogP contribution in [-0.2, 0) is 10.0 Å². The molecule has 0 saturated carbocycles. The third-order valence-corrected chi connectivity index (χ3v) is 4.95. The number of anilines is 2. The third kappa shape index (κ3) is 3.62. The van der Waals surface area contributed by atoms with E-state index >= 15 is 0 Å². The first-order valence-electron chi connectivity index (χ1n) is 6.06. The fourth-order valence-electron chi connectivity index (χ4n) is 1.80. The highest BCUT2D eigenvalue weighted by atomic mass is 32.2. The van der Waals surface area contributed by atoms with Crippen LogP contribution in [0.2, 0.25) is 0 Å². The molecule has 0 aliphatic heterocycles. The molecule has 5 nitrogen and oxygen atoms in total. The maximum Gasteiger partial charge on any atom is 0.265 e. The average Bonchev–Trinajstić information content (AvgIpc) is 2.46. The standard InChI is InChI=1S/C14H16N2O3S2/c1-19-13-8-10(15)6-7-14(13)21(17,18)16-11-4-3-5-12(9-11)20-2/h3-9,16H,15H2,1-2H3. The number of nitrogens with two attached hydrogens (primary N) is 1. The summed E-state index contributed by atoms with van der Waals surface area (Å²) in [5.74, 6) is 0.212. The second-order valence-electron chi connectivity index (χ2n) is 4.25. The number of thioether (sulfide) groups is 1. The Labute approximate surface area is 128 Å². The molecule has 2 rings (SSSR count). The van der Waals surface area contributed by atoms with Gasteiger partial charge in [0.2, 0.25) is 0 Å². The first-order chi connectivity index (χ1) is 9.96. The third-order valence-electron chi connectivity index (χ3n) is 2.80. The zero-order valence-electron chi connectivity index (χ0n) is 11.7. The zero-order chi connectivity index (χ0) is 15.5. The van der Waals surface area contributed by atoms with Gasteiger partial charge in [0.1, 0.15) is 10.6 Å². The summed E-state index contributed by atoms with van der Waals surface area (Å²) >= 11 is 1.54. The van der Waals surface area contributed by atoms with E-state index in [1.807, 2.05) is 12.3 Å². The minimum Gasteiger partial charge on any atom is -0.495 e. The predicted octanol–water partition coefficient (Wildman–Crippen LogP) is 2.80. The average molecular weight is 324 g/mol. The lowest BCUT2D eigenvalue weighted by molar-refractivity contribution is 0.403. The van der Waals surface area contributed by atoms with Gasteiger partial charge in [0.15, 0.2) is 0 Å². The molecule has 112 valence electrons. The lowest BCUT2D eigenvalue weighted by Gasteiger charge is -2.12. The molecule has 0 saturated heterocycles. The molecule has 0 aliphatic carbocycles. The van der Waals surface area contributed by atoms with Gasteiger partial charge in [-0.25, -0.2) is 8.42 Å². The fourth-order valence-corrected chi connectivity index (χ4v) is 3.46. The summed E-state index contributed by atoms with van der Waals surface area (Å²) in [7, 11) is -2.33. The van der Waals surface area contributed by atoms with E-state index in [0.29, 0.717) is 11.4 Å². The number of methoxy groups -OCH3 is 1. The molecule has 0 unspecified atom stereocenters. The van der Waals surface area contributed by atoms with Crippen molar-refractivity contribution in [1.82, 2.24) is 0 Å². The number of rotatable bonds is 5. The summed E-state index contributed by atoms with van der Waals surface area (Å²) in [5, 5.41) is 0. The van der Waals surface area contributed by atoms with Crippen LogP contribution >= 0.6 is 11.8 Å². The van der Waals surface area contributed by atoms with Gasteiger partial charge in [0.05, 0.1) is 7.11 Å². The molecule has 0 aromatic heterocycles. The molecule has 2 aromatic carbocycles. The Morgan fingerprint density at radius 1 is 1.19 bits per heavy atom.